The number of nitrogens with two attached hydrogens (primary N) is 1. The van der Waals surface area contributed by atoms with Crippen LogP contribution in [0.15, 0.2) is 30.6 Å². The third kappa shape index (κ3) is 2.52. The van der Waals surface area contributed by atoms with E-state index in [2.05, 4.69) is 15.3 Å². The van der Waals surface area contributed by atoms with E-state index >= 15 is 0 Å². The second-order valence-electron chi connectivity index (χ2n) is 4.91. The minimum atomic E-state index is 0.704. The van der Waals surface area contributed by atoms with Crippen molar-refractivity contribution in [2.45, 2.75) is 32.2 Å². The Labute approximate surface area is 113 Å². The number of hydrogen-bond acceptors (Lipinski definition) is 4. The van der Waals surface area contributed by atoms with Gasteiger partial charge in [-0.05, 0) is 37.3 Å². The first-order valence-electron chi connectivity index (χ1n) is 6.74. The first-order valence-corrected chi connectivity index (χ1v) is 6.74. The lowest BCUT2D eigenvalue weighted by Gasteiger charge is -2.18. The number of aromatic nitrogens is 2. The number of benzene rings is 1. The molecule has 4 heteroatoms. The normalized spacial score (nSPS) is 13.9. The van der Waals surface area contributed by atoms with Crippen molar-refractivity contribution in [3.8, 4) is 0 Å². The van der Waals surface area contributed by atoms with Crippen molar-refractivity contribution >= 4 is 11.5 Å². The molecule has 0 saturated heterocycles. The van der Waals surface area contributed by atoms with Crippen LogP contribution in [0.4, 0.5) is 11.5 Å². The van der Waals surface area contributed by atoms with Crippen LogP contribution < -0.4 is 11.1 Å². The molecule has 0 amide bonds. The molecule has 3 rings (SSSR count). The molecule has 0 radical (unpaired) electrons. The van der Waals surface area contributed by atoms with E-state index < -0.39 is 0 Å². The maximum Gasteiger partial charge on any atom is 0.133 e. The van der Waals surface area contributed by atoms with Crippen molar-refractivity contribution in [1.82, 2.24) is 9.97 Å². The van der Waals surface area contributed by atoms with Gasteiger partial charge >= 0.3 is 0 Å². The Hall–Kier alpha value is -2.10. The average Bonchev–Trinajstić information content (AvgIpc) is 2.46. The summed E-state index contributed by atoms with van der Waals surface area (Å²) in [6.45, 7) is 0.704. The van der Waals surface area contributed by atoms with Crippen molar-refractivity contribution < 1.29 is 0 Å². The number of rotatable bonds is 3. The molecule has 1 aliphatic carbocycles. The lowest BCUT2D eigenvalue weighted by Crippen LogP contribution is -2.12. The van der Waals surface area contributed by atoms with E-state index in [1.807, 2.05) is 24.3 Å². The summed E-state index contributed by atoms with van der Waals surface area (Å²) in [6, 6.07) is 7.91. The van der Waals surface area contributed by atoms with Crippen LogP contribution in [0.5, 0.6) is 0 Å². The monoisotopic (exact) mass is 254 g/mol. The molecule has 0 saturated carbocycles. The number of aryl methyl sites for hydroxylation is 1. The highest BCUT2D eigenvalue weighted by molar-refractivity contribution is 5.51. The van der Waals surface area contributed by atoms with Gasteiger partial charge in [-0.3, -0.25) is 0 Å². The van der Waals surface area contributed by atoms with Crippen molar-refractivity contribution in [3.63, 3.8) is 0 Å². The molecular weight excluding hydrogens is 236 g/mol. The Morgan fingerprint density at radius 2 is 1.95 bits per heavy atom. The summed E-state index contributed by atoms with van der Waals surface area (Å²) in [5.41, 5.74) is 10.3. The van der Waals surface area contributed by atoms with Crippen molar-refractivity contribution in [2.24, 2.45) is 0 Å². The van der Waals surface area contributed by atoms with Crippen LogP contribution in [0.25, 0.3) is 0 Å². The summed E-state index contributed by atoms with van der Waals surface area (Å²) in [5.74, 6) is 0.966. The summed E-state index contributed by atoms with van der Waals surface area (Å²) < 4.78 is 0. The van der Waals surface area contributed by atoms with Crippen molar-refractivity contribution in [1.29, 1.82) is 0 Å². The standard InChI is InChI=1S/C15H18N4/c16-13-7-3-1-5-11(13)9-17-15-12-6-2-4-8-14(12)18-10-19-15/h1,3,5,7,10H,2,4,6,8-9,16H2,(H,17,18,19). The zero-order valence-corrected chi connectivity index (χ0v) is 10.9. The molecule has 4 nitrogen and oxygen atoms in total. The number of anilines is 2. The first kappa shape index (κ1) is 12.0. The average molecular weight is 254 g/mol. The third-order valence-electron chi connectivity index (χ3n) is 3.63. The fraction of sp³-hybridized carbons (Fsp3) is 0.333. The largest absolute Gasteiger partial charge is 0.398 e. The zero-order chi connectivity index (χ0) is 13.1. The van der Waals surface area contributed by atoms with E-state index in [9.17, 15) is 0 Å². The van der Waals surface area contributed by atoms with Crippen molar-refractivity contribution in [2.75, 3.05) is 11.1 Å². The van der Waals surface area contributed by atoms with Crippen LogP contribution in [-0.4, -0.2) is 9.97 Å². The van der Waals surface area contributed by atoms with Crippen LogP contribution in [0.2, 0.25) is 0 Å². The predicted octanol–water partition coefficient (Wildman–Crippen LogP) is 2.55. The van der Waals surface area contributed by atoms with Gasteiger partial charge in [0.2, 0.25) is 0 Å². The maximum absolute atomic E-state index is 5.95. The molecule has 3 N–H and O–H groups in total. The molecule has 0 aliphatic heterocycles. The van der Waals surface area contributed by atoms with Gasteiger partial charge in [0.25, 0.3) is 0 Å². The van der Waals surface area contributed by atoms with E-state index in [-0.39, 0.29) is 0 Å². The Morgan fingerprint density at radius 3 is 2.84 bits per heavy atom. The van der Waals surface area contributed by atoms with E-state index in [0.29, 0.717) is 6.54 Å². The molecule has 1 aromatic heterocycles. The number of hydrogen-bond donors (Lipinski definition) is 2. The second-order valence-corrected chi connectivity index (χ2v) is 4.91. The summed E-state index contributed by atoms with van der Waals surface area (Å²) in [7, 11) is 0. The fourth-order valence-electron chi connectivity index (χ4n) is 2.55. The first-order chi connectivity index (χ1) is 9.34. The van der Waals surface area contributed by atoms with Gasteiger partial charge in [0.1, 0.15) is 12.1 Å². The minimum Gasteiger partial charge on any atom is -0.398 e. The molecule has 0 unspecified atom stereocenters. The van der Waals surface area contributed by atoms with Crippen LogP contribution >= 0.6 is 0 Å². The van der Waals surface area contributed by atoms with Gasteiger partial charge < -0.3 is 11.1 Å². The van der Waals surface area contributed by atoms with E-state index in [1.165, 1.54) is 24.1 Å². The van der Waals surface area contributed by atoms with Gasteiger partial charge in [-0.15, -0.1) is 0 Å². The molecule has 98 valence electrons. The molecule has 1 aromatic carbocycles. The molecule has 19 heavy (non-hydrogen) atoms. The van der Waals surface area contributed by atoms with Gasteiger partial charge in [0.05, 0.1) is 0 Å². The van der Waals surface area contributed by atoms with Crippen LogP contribution in [-0.2, 0) is 19.4 Å². The molecule has 0 bridgehead atoms. The molecule has 0 fully saturated rings. The Balaban J connectivity index is 1.79. The third-order valence-corrected chi connectivity index (χ3v) is 3.63. The van der Waals surface area contributed by atoms with Crippen LogP contribution in [0.3, 0.4) is 0 Å². The van der Waals surface area contributed by atoms with Crippen LogP contribution in [0, 0.1) is 0 Å². The predicted molar refractivity (Wildman–Crippen MR) is 76.9 cm³/mol. The highest BCUT2D eigenvalue weighted by Gasteiger charge is 2.15. The van der Waals surface area contributed by atoms with Gasteiger partial charge in [-0.1, -0.05) is 18.2 Å². The lowest BCUT2D eigenvalue weighted by molar-refractivity contribution is 0.663. The summed E-state index contributed by atoms with van der Waals surface area (Å²) in [4.78, 5) is 8.75. The summed E-state index contributed by atoms with van der Waals surface area (Å²) >= 11 is 0. The smallest absolute Gasteiger partial charge is 0.133 e. The highest BCUT2D eigenvalue weighted by atomic mass is 15.0. The summed E-state index contributed by atoms with van der Waals surface area (Å²) in [5, 5.41) is 3.40. The Kier molecular flexibility index (Phi) is 3.31. The molecule has 0 atom stereocenters. The quantitative estimate of drug-likeness (QED) is 0.826. The molecule has 2 aromatic rings. The number of nitrogens with zero attached hydrogens (tertiary/aromatic N) is 2. The lowest BCUT2D eigenvalue weighted by atomic mass is 9.96. The SMILES string of the molecule is Nc1ccccc1CNc1ncnc2c1CCCC2. The number of fused-ring (bicyclic) bond motifs is 1. The fourth-order valence-corrected chi connectivity index (χ4v) is 2.55. The van der Waals surface area contributed by atoms with Gasteiger partial charge in [-0.2, -0.15) is 0 Å². The Bertz CT molecular complexity index is 580. The number of nitrogens with one attached hydrogen (secondary N) is 1. The van der Waals surface area contributed by atoms with Gasteiger partial charge in [0, 0.05) is 23.5 Å². The zero-order valence-electron chi connectivity index (χ0n) is 10.9. The highest BCUT2D eigenvalue weighted by Crippen LogP contribution is 2.25. The summed E-state index contributed by atoms with van der Waals surface area (Å²) in [6.07, 6.45) is 6.25. The van der Waals surface area contributed by atoms with E-state index in [1.54, 1.807) is 6.33 Å². The number of para-hydroxylation sites is 1. The topological polar surface area (TPSA) is 63.8 Å². The van der Waals surface area contributed by atoms with Crippen LogP contribution in [0.1, 0.15) is 29.7 Å². The van der Waals surface area contributed by atoms with Gasteiger partial charge in [0.15, 0.2) is 0 Å². The molecule has 0 spiro atoms. The Morgan fingerprint density at radius 1 is 1.11 bits per heavy atom. The minimum absolute atomic E-state index is 0.704. The molecule has 1 aliphatic rings. The van der Waals surface area contributed by atoms with E-state index in [4.69, 9.17) is 5.73 Å². The maximum atomic E-state index is 5.95. The number of nitrogen functional groups attached to an aromatic ring is 1. The van der Waals surface area contributed by atoms with Gasteiger partial charge in [-0.25, -0.2) is 9.97 Å². The second kappa shape index (κ2) is 5.26. The van der Waals surface area contributed by atoms with E-state index in [0.717, 1.165) is 29.9 Å². The molecule has 1 heterocycles. The van der Waals surface area contributed by atoms with Crippen molar-refractivity contribution in [3.05, 3.63) is 47.4 Å². The molecular formula is C15H18N4.